The summed E-state index contributed by atoms with van der Waals surface area (Å²) in [5, 5.41) is 5.26. The summed E-state index contributed by atoms with van der Waals surface area (Å²) < 4.78 is 12.0. The van der Waals surface area contributed by atoms with Crippen LogP contribution in [0.4, 0.5) is 0 Å². The highest BCUT2D eigenvalue weighted by Gasteiger charge is 2.57. The summed E-state index contributed by atoms with van der Waals surface area (Å²) >= 11 is 0. The van der Waals surface area contributed by atoms with Gasteiger partial charge < -0.3 is 14.8 Å². The summed E-state index contributed by atoms with van der Waals surface area (Å²) in [5.74, 6) is 3.49. The van der Waals surface area contributed by atoms with E-state index in [2.05, 4.69) is 5.32 Å². The molecule has 4 nitrogen and oxygen atoms in total. The van der Waals surface area contributed by atoms with E-state index in [-0.39, 0.29) is 11.5 Å². The second kappa shape index (κ2) is 7.32. The zero-order chi connectivity index (χ0) is 20.0. The number of nitrogens with one attached hydrogen (secondary N) is 1. The van der Waals surface area contributed by atoms with Crippen LogP contribution in [0.1, 0.15) is 49.4 Å². The summed E-state index contributed by atoms with van der Waals surface area (Å²) in [6, 6.07) is 11.9. The third kappa shape index (κ3) is 3.04. The second-order valence-corrected chi connectivity index (χ2v) is 9.24. The Morgan fingerprint density at radius 1 is 1.03 bits per heavy atom. The van der Waals surface area contributed by atoms with Crippen LogP contribution < -0.4 is 10.1 Å². The quantitative estimate of drug-likeness (QED) is 0.766. The summed E-state index contributed by atoms with van der Waals surface area (Å²) in [7, 11) is 1.85. The molecule has 4 saturated carbocycles. The maximum atomic E-state index is 13.4. The number of ether oxygens (including phenoxy) is 2. The molecule has 29 heavy (non-hydrogen) atoms. The van der Waals surface area contributed by atoms with Crippen molar-refractivity contribution < 1.29 is 14.3 Å². The lowest BCUT2D eigenvalue weighted by atomic mass is 9.49. The molecule has 1 N–H and O–H groups in total. The number of benzene rings is 2. The Morgan fingerprint density at radius 3 is 2.38 bits per heavy atom. The summed E-state index contributed by atoms with van der Waals surface area (Å²) in [5.41, 5.74) is 0.430. The fraction of sp³-hybridized carbons (Fsp3) is 0.560. The van der Waals surface area contributed by atoms with Gasteiger partial charge in [-0.05, 0) is 79.5 Å². The van der Waals surface area contributed by atoms with Gasteiger partial charge in [-0.2, -0.15) is 0 Å². The first-order valence-corrected chi connectivity index (χ1v) is 11.1. The molecule has 0 spiro atoms. The summed E-state index contributed by atoms with van der Waals surface area (Å²) in [6.45, 7) is 3.07. The molecule has 0 unspecified atom stereocenters. The largest absolute Gasteiger partial charge is 0.493 e. The predicted octanol–water partition coefficient (Wildman–Crippen LogP) is 4.81. The molecule has 4 aliphatic rings. The number of methoxy groups -OCH3 is 1. The summed E-state index contributed by atoms with van der Waals surface area (Å²) in [4.78, 5) is 13.4. The molecule has 0 heterocycles. The third-order valence-corrected chi connectivity index (χ3v) is 7.84. The fourth-order valence-corrected chi connectivity index (χ4v) is 6.74. The van der Waals surface area contributed by atoms with Gasteiger partial charge in [0.15, 0.2) is 0 Å². The molecule has 0 saturated heterocycles. The Kier molecular flexibility index (Phi) is 4.78. The second-order valence-electron chi connectivity index (χ2n) is 9.24. The van der Waals surface area contributed by atoms with Crippen molar-refractivity contribution in [3.8, 4) is 5.75 Å². The molecule has 2 aromatic rings. The Hall–Kier alpha value is -2.07. The van der Waals surface area contributed by atoms with Crippen molar-refractivity contribution in [2.24, 2.45) is 23.7 Å². The number of rotatable bonds is 6. The molecule has 0 aromatic heterocycles. The van der Waals surface area contributed by atoms with Crippen LogP contribution in [0.25, 0.3) is 10.8 Å². The minimum absolute atomic E-state index is 0.0597. The molecule has 4 bridgehead atoms. The van der Waals surface area contributed by atoms with Gasteiger partial charge in [-0.3, -0.25) is 4.79 Å². The molecule has 0 radical (unpaired) electrons. The molecule has 0 atom stereocenters. The van der Waals surface area contributed by atoms with Crippen molar-refractivity contribution in [3.05, 3.63) is 42.0 Å². The number of fused-ring (bicyclic) bond motifs is 1. The lowest BCUT2D eigenvalue weighted by Crippen LogP contribution is -2.63. The first kappa shape index (κ1) is 18.9. The van der Waals surface area contributed by atoms with E-state index in [9.17, 15) is 4.79 Å². The van der Waals surface area contributed by atoms with Gasteiger partial charge >= 0.3 is 0 Å². The van der Waals surface area contributed by atoms with E-state index in [4.69, 9.17) is 9.47 Å². The van der Waals surface area contributed by atoms with E-state index in [1.165, 1.54) is 32.1 Å². The molecule has 6 rings (SSSR count). The number of amides is 1. The fourth-order valence-electron chi connectivity index (χ4n) is 6.74. The minimum Gasteiger partial charge on any atom is -0.493 e. The molecule has 2 aromatic carbocycles. The van der Waals surface area contributed by atoms with E-state index >= 15 is 0 Å². The van der Waals surface area contributed by atoms with Crippen LogP contribution in [0.5, 0.6) is 5.75 Å². The predicted molar refractivity (Wildman–Crippen MR) is 114 cm³/mol. The van der Waals surface area contributed by atoms with Crippen LogP contribution in [0.2, 0.25) is 0 Å². The molecule has 4 heteroatoms. The summed E-state index contributed by atoms with van der Waals surface area (Å²) in [6.07, 6.45) is 6.45. The van der Waals surface area contributed by atoms with Gasteiger partial charge in [-0.1, -0.05) is 30.3 Å². The smallest absolute Gasteiger partial charge is 0.255 e. The zero-order valence-electron chi connectivity index (χ0n) is 17.4. The normalized spacial score (nSPS) is 32.5. The van der Waals surface area contributed by atoms with Gasteiger partial charge in [0, 0.05) is 13.7 Å². The lowest BCUT2D eigenvalue weighted by molar-refractivity contribution is -0.186. The average molecular weight is 394 g/mol. The van der Waals surface area contributed by atoms with Gasteiger partial charge in [0.2, 0.25) is 0 Å². The van der Waals surface area contributed by atoms with Gasteiger partial charge in [-0.25, -0.2) is 0 Å². The molecule has 1 amide bonds. The SMILES string of the molecule is CCOc1ccc2ccccc2c1C(=O)NCC1(OC)C2CC3CC(C2)CC1C3. The molecule has 0 aliphatic heterocycles. The van der Waals surface area contributed by atoms with Gasteiger partial charge in [0.25, 0.3) is 5.91 Å². The third-order valence-electron chi connectivity index (χ3n) is 7.84. The maximum Gasteiger partial charge on any atom is 0.255 e. The molecule has 4 fully saturated rings. The highest BCUT2D eigenvalue weighted by atomic mass is 16.5. The van der Waals surface area contributed by atoms with E-state index in [0.717, 1.165) is 22.6 Å². The van der Waals surface area contributed by atoms with Crippen LogP contribution in [0, 0.1) is 23.7 Å². The molecular formula is C25H31NO3. The Bertz CT molecular complexity index is 893. The lowest BCUT2D eigenvalue weighted by Gasteiger charge is -2.60. The van der Waals surface area contributed by atoms with Crippen molar-refractivity contribution in [3.63, 3.8) is 0 Å². The number of carbonyl (C=O) groups excluding carboxylic acids is 1. The van der Waals surface area contributed by atoms with Crippen LogP contribution >= 0.6 is 0 Å². The van der Waals surface area contributed by atoms with E-state index in [0.29, 0.717) is 36.3 Å². The van der Waals surface area contributed by atoms with E-state index in [1.54, 1.807) is 0 Å². The first-order chi connectivity index (χ1) is 14.1. The minimum atomic E-state index is -0.209. The number of carbonyl (C=O) groups is 1. The Balaban J connectivity index is 1.43. The topological polar surface area (TPSA) is 47.6 Å². The van der Waals surface area contributed by atoms with Crippen LogP contribution in [-0.4, -0.2) is 31.8 Å². The first-order valence-electron chi connectivity index (χ1n) is 11.1. The zero-order valence-corrected chi connectivity index (χ0v) is 17.4. The van der Waals surface area contributed by atoms with Crippen molar-refractivity contribution in [1.82, 2.24) is 5.32 Å². The van der Waals surface area contributed by atoms with Crippen molar-refractivity contribution in [2.45, 2.75) is 44.6 Å². The van der Waals surface area contributed by atoms with Gasteiger partial charge in [0.1, 0.15) is 5.75 Å². The highest BCUT2D eigenvalue weighted by Crippen LogP contribution is 2.59. The average Bonchev–Trinajstić information content (AvgIpc) is 2.73. The number of hydrogen-bond acceptors (Lipinski definition) is 3. The van der Waals surface area contributed by atoms with Crippen LogP contribution in [0.3, 0.4) is 0 Å². The van der Waals surface area contributed by atoms with Crippen LogP contribution in [-0.2, 0) is 4.74 Å². The Labute approximate surface area is 173 Å². The van der Waals surface area contributed by atoms with Crippen molar-refractivity contribution in [2.75, 3.05) is 20.3 Å². The number of hydrogen-bond donors (Lipinski definition) is 1. The van der Waals surface area contributed by atoms with Gasteiger partial charge in [-0.15, -0.1) is 0 Å². The van der Waals surface area contributed by atoms with Crippen molar-refractivity contribution in [1.29, 1.82) is 0 Å². The van der Waals surface area contributed by atoms with E-state index < -0.39 is 0 Å². The standard InChI is InChI=1S/C25H31NO3/c1-3-29-22-9-8-18-6-4-5-7-21(18)23(22)24(27)26-15-25(28-2)19-11-16-10-17(13-19)14-20(25)12-16/h4-9,16-17,19-20H,3,10-15H2,1-2H3,(H,26,27). The molecular weight excluding hydrogens is 362 g/mol. The van der Waals surface area contributed by atoms with E-state index in [1.807, 2.05) is 50.4 Å². The highest BCUT2D eigenvalue weighted by molar-refractivity contribution is 6.09. The van der Waals surface area contributed by atoms with Crippen molar-refractivity contribution >= 4 is 16.7 Å². The Morgan fingerprint density at radius 2 is 1.72 bits per heavy atom. The molecule has 154 valence electrons. The monoisotopic (exact) mass is 393 g/mol. The van der Waals surface area contributed by atoms with Gasteiger partial charge in [0.05, 0.1) is 17.8 Å². The molecule has 4 aliphatic carbocycles. The van der Waals surface area contributed by atoms with Crippen LogP contribution in [0.15, 0.2) is 36.4 Å². The maximum absolute atomic E-state index is 13.4.